The average molecular weight is 357 g/mol. The molecule has 1 fully saturated rings. The van der Waals surface area contributed by atoms with Gasteiger partial charge in [0.25, 0.3) is 0 Å². The summed E-state index contributed by atoms with van der Waals surface area (Å²) in [6.07, 6.45) is 0.605. The molecule has 6 nitrogen and oxygen atoms in total. The molecule has 1 aromatic carbocycles. The van der Waals surface area contributed by atoms with Gasteiger partial charge in [-0.05, 0) is 25.8 Å². The van der Waals surface area contributed by atoms with E-state index in [1.165, 1.54) is 13.8 Å². The lowest BCUT2D eigenvalue weighted by Crippen LogP contribution is -2.48. The Balaban J connectivity index is 2.05. The van der Waals surface area contributed by atoms with E-state index in [1.54, 1.807) is 6.92 Å². The van der Waals surface area contributed by atoms with Crippen molar-refractivity contribution in [1.82, 2.24) is 5.32 Å². The van der Waals surface area contributed by atoms with Crippen LogP contribution in [0, 0.1) is 17.8 Å². The molecule has 1 saturated carbocycles. The van der Waals surface area contributed by atoms with Gasteiger partial charge in [0.15, 0.2) is 11.6 Å². The van der Waals surface area contributed by atoms with Crippen molar-refractivity contribution in [1.29, 1.82) is 0 Å². The smallest absolute Gasteiger partial charge is 0.237 e. The molecule has 1 aliphatic rings. The minimum absolute atomic E-state index is 0.0535. The summed E-state index contributed by atoms with van der Waals surface area (Å²) < 4.78 is 0. The van der Waals surface area contributed by atoms with Gasteiger partial charge in [0.2, 0.25) is 5.91 Å². The predicted molar refractivity (Wildman–Crippen MR) is 96.9 cm³/mol. The number of nitrogens with one attached hydrogen (secondary N) is 1. The minimum Gasteiger partial charge on any atom is -0.345 e. The third kappa shape index (κ3) is 4.43. The van der Waals surface area contributed by atoms with Crippen LogP contribution in [0.5, 0.6) is 0 Å². The fourth-order valence-electron chi connectivity index (χ4n) is 3.24. The zero-order valence-corrected chi connectivity index (χ0v) is 15.3. The zero-order valence-electron chi connectivity index (χ0n) is 15.3. The number of Topliss-reactive ketones (excluding diaryl/α,β-unsaturated/α-hetero) is 3. The van der Waals surface area contributed by atoms with Crippen molar-refractivity contribution in [3.63, 3.8) is 0 Å². The topological polar surface area (TPSA) is 106 Å². The van der Waals surface area contributed by atoms with E-state index in [2.05, 4.69) is 5.32 Å². The highest BCUT2D eigenvalue weighted by Gasteiger charge is 2.47. The maximum Gasteiger partial charge on any atom is 0.237 e. The lowest BCUT2D eigenvalue weighted by molar-refractivity contribution is -0.131. The monoisotopic (exact) mass is 357 g/mol. The Morgan fingerprint density at radius 1 is 1.15 bits per heavy atom. The fraction of sp³-hybridized carbons (Fsp3) is 0.450. The molecular weight excluding hydrogens is 332 g/mol. The molecule has 0 aromatic heterocycles. The van der Waals surface area contributed by atoms with Crippen LogP contribution in [-0.4, -0.2) is 35.3 Å². The zero-order chi connectivity index (χ0) is 19.4. The highest BCUT2D eigenvalue weighted by Crippen LogP contribution is 2.34. The molecule has 2 unspecified atom stereocenters. The maximum absolute atomic E-state index is 12.7. The van der Waals surface area contributed by atoms with Gasteiger partial charge in [-0.3, -0.25) is 19.2 Å². The highest BCUT2D eigenvalue weighted by molar-refractivity contribution is 6.25. The van der Waals surface area contributed by atoms with E-state index in [1.807, 2.05) is 30.3 Å². The Morgan fingerprint density at radius 3 is 2.35 bits per heavy atom. The van der Waals surface area contributed by atoms with Crippen LogP contribution in [0.25, 0.3) is 0 Å². The first kappa shape index (κ1) is 20.0. The molecule has 3 N–H and O–H groups in total. The van der Waals surface area contributed by atoms with Gasteiger partial charge in [0.05, 0.1) is 12.1 Å². The number of nitrogens with two attached hydrogens (primary N) is 1. The summed E-state index contributed by atoms with van der Waals surface area (Å²) >= 11 is 0. The lowest BCUT2D eigenvalue weighted by Gasteiger charge is -2.21. The molecular formula is C20H25N2O4. The molecule has 1 aliphatic carbocycles. The SMILES string of the molecule is CC([C]1C(=O)CC(Cc2ccccc2)C1=O)C(=O)[C@H](C)NC(=O)[C@H](C)N. The first-order chi connectivity index (χ1) is 12.2. The second-order valence-electron chi connectivity index (χ2n) is 6.93. The van der Waals surface area contributed by atoms with Crippen LogP contribution >= 0.6 is 0 Å². The summed E-state index contributed by atoms with van der Waals surface area (Å²) in [5, 5.41) is 2.51. The Morgan fingerprint density at radius 2 is 1.77 bits per heavy atom. The van der Waals surface area contributed by atoms with E-state index < -0.39 is 29.8 Å². The van der Waals surface area contributed by atoms with Gasteiger partial charge in [-0.25, -0.2) is 0 Å². The number of carbonyl (C=O) groups is 4. The number of hydrogen-bond acceptors (Lipinski definition) is 5. The molecule has 1 amide bonds. The van der Waals surface area contributed by atoms with Crippen molar-refractivity contribution in [2.24, 2.45) is 17.6 Å². The van der Waals surface area contributed by atoms with E-state index in [-0.39, 0.29) is 29.7 Å². The van der Waals surface area contributed by atoms with Crippen LogP contribution in [-0.2, 0) is 25.6 Å². The average Bonchev–Trinajstić information content (AvgIpc) is 2.87. The maximum atomic E-state index is 12.7. The van der Waals surface area contributed by atoms with E-state index in [4.69, 9.17) is 5.73 Å². The number of hydrogen-bond donors (Lipinski definition) is 2. The van der Waals surface area contributed by atoms with Crippen LogP contribution in [0.3, 0.4) is 0 Å². The van der Waals surface area contributed by atoms with Crippen LogP contribution in [0.4, 0.5) is 0 Å². The van der Waals surface area contributed by atoms with E-state index in [0.29, 0.717) is 6.42 Å². The van der Waals surface area contributed by atoms with Crippen LogP contribution in [0.1, 0.15) is 32.8 Å². The number of rotatable bonds is 7. The minimum atomic E-state index is -0.848. The third-order valence-electron chi connectivity index (χ3n) is 4.75. The van der Waals surface area contributed by atoms with Crippen molar-refractivity contribution in [2.75, 3.05) is 0 Å². The third-order valence-corrected chi connectivity index (χ3v) is 4.75. The standard InChI is InChI=1S/C20H25N2O4/c1-11(18(24)13(3)22-20(26)12(2)21)17-16(23)10-15(19(17)25)9-14-7-5-4-6-8-14/h4-8,11-13,15H,9-10,21H2,1-3H3,(H,22,26)/t11?,12-,13-,15?/m0/s1. The quantitative estimate of drug-likeness (QED) is 0.758. The van der Waals surface area contributed by atoms with Crippen LogP contribution in [0.15, 0.2) is 30.3 Å². The van der Waals surface area contributed by atoms with Gasteiger partial charge in [0, 0.05) is 18.3 Å². The van der Waals surface area contributed by atoms with Gasteiger partial charge in [-0.2, -0.15) is 0 Å². The highest BCUT2D eigenvalue weighted by atomic mass is 16.2. The number of carbonyl (C=O) groups excluding carboxylic acids is 4. The van der Waals surface area contributed by atoms with Gasteiger partial charge >= 0.3 is 0 Å². The predicted octanol–water partition coefficient (Wildman–Crippen LogP) is 1.02. The molecule has 0 bridgehead atoms. The van der Waals surface area contributed by atoms with Crippen LogP contribution in [0.2, 0.25) is 0 Å². The van der Waals surface area contributed by atoms with Gasteiger partial charge < -0.3 is 11.1 Å². The van der Waals surface area contributed by atoms with Crippen LogP contribution < -0.4 is 11.1 Å². The summed E-state index contributed by atoms with van der Waals surface area (Å²) in [6.45, 7) is 4.60. The first-order valence-corrected chi connectivity index (χ1v) is 8.80. The summed E-state index contributed by atoms with van der Waals surface area (Å²) in [6, 6.07) is 7.93. The Labute approximate surface area is 153 Å². The lowest BCUT2D eigenvalue weighted by atomic mass is 9.84. The number of benzene rings is 1. The largest absolute Gasteiger partial charge is 0.345 e. The molecule has 1 radical (unpaired) electrons. The molecule has 0 saturated heterocycles. The van der Waals surface area contributed by atoms with Crippen molar-refractivity contribution in [3.05, 3.63) is 41.8 Å². The summed E-state index contributed by atoms with van der Waals surface area (Å²) in [5.74, 6) is -2.57. The molecule has 0 heterocycles. The summed E-state index contributed by atoms with van der Waals surface area (Å²) in [4.78, 5) is 49.3. The number of amides is 1. The van der Waals surface area contributed by atoms with Crippen molar-refractivity contribution >= 4 is 23.3 Å². The van der Waals surface area contributed by atoms with Gasteiger partial charge in [-0.15, -0.1) is 0 Å². The molecule has 0 aliphatic heterocycles. The number of ketones is 3. The Kier molecular flexibility index (Phi) is 6.42. The molecule has 6 heteroatoms. The van der Waals surface area contributed by atoms with Gasteiger partial charge in [-0.1, -0.05) is 37.3 Å². The molecule has 1 aromatic rings. The molecule has 139 valence electrons. The van der Waals surface area contributed by atoms with Gasteiger partial charge in [0.1, 0.15) is 11.7 Å². The van der Waals surface area contributed by atoms with E-state index in [0.717, 1.165) is 5.56 Å². The Hall–Kier alpha value is -2.34. The Bertz CT molecular complexity index is 699. The molecule has 4 atom stereocenters. The van der Waals surface area contributed by atoms with Crippen molar-refractivity contribution < 1.29 is 19.2 Å². The van der Waals surface area contributed by atoms with Crippen molar-refractivity contribution in [2.45, 2.75) is 45.7 Å². The molecule has 26 heavy (non-hydrogen) atoms. The summed E-state index contributed by atoms with van der Waals surface area (Å²) in [7, 11) is 0. The van der Waals surface area contributed by atoms with E-state index >= 15 is 0 Å². The second kappa shape index (κ2) is 8.36. The first-order valence-electron chi connectivity index (χ1n) is 8.80. The van der Waals surface area contributed by atoms with Crippen molar-refractivity contribution in [3.8, 4) is 0 Å². The molecule has 0 spiro atoms. The molecule has 2 rings (SSSR count). The normalized spacial score (nSPS) is 21.3. The summed E-state index contributed by atoms with van der Waals surface area (Å²) in [5.41, 5.74) is 6.46. The second-order valence-corrected chi connectivity index (χ2v) is 6.93. The van der Waals surface area contributed by atoms with E-state index in [9.17, 15) is 19.2 Å². The fourth-order valence-corrected chi connectivity index (χ4v) is 3.24.